The summed E-state index contributed by atoms with van der Waals surface area (Å²) in [5, 5.41) is 16.3. The lowest BCUT2D eigenvalue weighted by Gasteiger charge is -2.11. The molecule has 1 aliphatic carbocycles. The molecule has 6 nitrogen and oxygen atoms in total. The second kappa shape index (κ2) is 7.39. The third-order valence-electron chi connectivity index (χ3n) is 3.66. The Morgan fingerprint density at radius 3 is 2.91 bits per heavy atom. The normalized spacial score (nSPS) is 15.3. The van der Waals surface area contributed by atoms with Gasteiger partial charge < -0.3 is 19.7 Å². The summed E-state index contributed by atoms with van der Waals surface area (Å²) in [6, 6.07) is 11.1. The zero-order valence-electron chi connectivity index (χ0n) is 12.8. The molecule has 2 aromatic rings. The molecule has 1 amide bonds. The molecular weight excluding hydrogens is 296 g/mol. The van der Waals surface area contributed by atoms with Gasteiger partial charge in [0.2, 0.25) is 5.76 Å². The molecule has 1 heterocycles. The van der Waals surface area contributed by atoms with Gasteiger partial charge in [-0.25, -0.2) is 0 Å². The van der Waals surface area contributed by atoms with Crippen LogP contribution in [0, 0.1) is 5.92 Å². The third kappa shape index (κ3) is 4.64. The van der Waals surface area contributed by atoms with Crippen LogP contribution < -0.4 is 5.32 Å². The van der Waals surface area contributed by atoms with Gasteiger partial charge >= 0.3 is 0 Å². The van der Waals surface area contributed by atoms with Crippen LogP contribution in [-0.4, -0.2) is 42.0 Å². The van der Waals surface area contributed by atoms with Crippen LogP contribution in [0.4, 0.5) is 0 Å². The summed E-state index contributed by atoms with van der Waals surface area (Å²) in [7, 11) is 0. The van der Waals surface area contributed by atoms with E-state index in [-0.39, 0.29) is 18.9 Å². The molecule has 6 heteroatoms. The van der Waals surface area contributed by atoms with Crippen molar-refractivity contribution in [3.8, 4) is 11.3 Å². The van der Waals surface area contributed by atoms with Crippen molar-refractivity contribution in [3.05, 3.63) is 42.2 Å². The fourth-order valence-electron chi connectivity index (χ4n) is 2.14. The molecule has 0 spiro atoms. The Hall–Kier alpha value is -2.18. The summed E-state index contributed by atoms with van der Waals surface area (Å²) < 4.78 is 10.4. The van der Waals surface area contributed by atoms with Crippen molar-refractivity contribution in [2.24, 2.45) is 5.92 Å². The van der Waals surface area contributed by atoms with Crippen molar-refractivity contribution in [3.63, 3.8) is 0 Å². The summed E-state index contributed by atoms with van der Waals surface area (Å²) in [4.78, 5) is 12.0. The SMILES string of the molecule is O=C(NCC(O)COCC1CC1)c1cc(-c2ccccc2)no1. The Morgan fingerprint density at radius 2 is 2.17 bits per heavy atom. The largest absolute Gasteiger partial charge is 0.389 e. The molecular formula is C17H20N2O4. The number of carbonyl (C=O) groups excluding carboxylic acids is 1. The fraction of sp³-hybridized carbons (Fsp3) is 0.412. The maximum atomic E-state index is 12.0. The number of aromatic nitrogens is 1. The molecule has 1 aromatic heterocycles. The number of rotatable bonds is 8. The highest BCUT2D eigenvalue weighted by Gasteiger charge is 2.22. The van der Waals surface area contributed by atoms with Crippen molar-refractivity contribution < 1.29 is 19.2 Å². The van der Waals surface area contributed by atoms with Crippen molar-refractivity contribution in [2.45, 2.75) is 18.9 Å². The van der Waals surface area contributed by atoms with Crippen LogP contribution in [0.1, 0.15) is 23.4 Å². The van der Waals surface area contributed by atoms with Crippen molar-refractivity contribution in [1.29, 1.82) is 0 Å². The van der Waals surface area contributed by atoms with Crippen molar-refractivity contribution in [1.82, 2.24) is 10.5 Å². The van der Waals surface area contributed by atoms with Crippen LogP contribution in [-0.2, 0) is 4.74 Å². The first-order valence-corrected chi connectivity index (χ1v) is 7.78. The van der Waals surface area contributed by atoms with Gasteiger partial charge in [0.1, 0.15) is 5.69 Å². The van der Waals surface area contributed by atoms with Crippen LogP contribution in [0.5, 0.6) is 0 Å². The minimum Gasteiger partial charge on any atom is -0.389 e. The van der Waals surface area contributed by atoms with E-state index in [4.69, 9.17) is 9.26 Å². The third-order valence-corrected chi connectivity index (χ3v) is 3.66. The summed E-state index contributed by atoms with van der Waals surface area (Å²) in [5.74, 6) is 0.373. The average molecular weight is 316 g/mol. The highest BCUT2D eigenvalue weighted by Crippen LogP contribution is 2.28. The number of benzene rings is 1. The Kier molecular flexibility index (Phi) is 5.05. The van der Waals surface area contributed by atoms with Crippen molar-refractivity contribution >= 4 is 5.91 Å². The van der Waals surface area contributed by atoms with Crippen LogP contribution in [0.2, 0.25) is 0 Å². The number of carbonyl (C=O) groups is 1. The Labute approximate surface area is 134 Å². The lowest BCUT2D eigenvalue weighted by Crippen LogP contribution is -2.34. The van der Waals surface area contributed by atoms with E-state index in [1.165, 1.54) is 12.8 Å². The van der Waals surface area contributed by atoms with E-state index in [1.54, 1.807) is 6.07 Å². The highest BCUT2D eigenvalue weighted by atomic mass is 16.5. The molecule has 0 aliphatic heterocycles. The average Bonchev–Trinajstić information content (AvgIpc) is 3.26. The van der Waals surface area contributed by atoms with Crippen molar-refractivity contribution in [2.75, 3.05) is 19.8 Å². The minimum atomic E-state index is -0.728. The predicted molar refractivity (Wildman–Crippen MR) is 83.8 cm³/mol. The molecule has 0 saturated heterocycles. The molecule has 1 aromatic carbocycles. The van der Waals surface area contributed by atoms with Crippen LogP contribution in [0.15, 0.2) is 40.9 Å². The first kappa shape index (κ1) is 15.7. The topological polar surface area (TPSA) is 84.6 Å². The Morgan fingerprint density at radius 1 is 1.39 bits per heavy atom. The first-order chi connectivity index (χ1) is 11.2. The summed E-state index contributed by atoms with van der Waals surface area (Å²) >= 11 is 0. The number of aliphatic hydroxyl groups excluding tert-OH is 1. The maximum absolute atomic E-state index is 12.0. The zero-order valence-corrected chi connectivity index (χ0v) is 12.8. The zero-order chi connectivity index (χ0) is 16.1. The number of hydrogen-bond acceptors (Lipinski definition) is 5. The molecule has 23 heavy (non-hydrogen) atoms. The molecule has 1 unspecified atom stereocenters. The van der Waals surface area contributed by atoms with E-state index in [0.717, 1.165) is 5.56 Å². The fourth-order valence-corrected chi connectivity index (χ4v) is 2.14. The van der Waals surface area contributed by atoms with Crippen LogP contribution >= 0.6 is 0 Å². The second-order valence-electron chi connectivity index (χ2n) is 5.79. The molecule has 1 fully saturated rings. The Balaban J connectivity index is 1.45. The first-order valence-electron chi connectivity index (χ1n) is 7.78. The maximum Gasteiger partial charge on any atom is 0.290 e. The molecule has 122 valence electrons. The van der Waals surface area contributed by atoms with Crippen LogP contribution in [0.25, 0.3) is 11.3 Å². The van der Waals surface area contributed by atoms with Gasteiger partial charge in [-0.15, -0.1) is 0 Å². The molecule has 1 saturated carbocycles. The standard InChI is InChI=1S/C17H20N2O4/c20-14(11-22-10-12-6-7-12)9-18-17(21)16-8-15(19-23-16)13-4-2-1-3-5-13/h1-5,8,12,14,20H,6-7,9-11H2,(H,18,21). The van der Waals surface area contributed by atoms with Gasteiger partial charge in [-0.3, -0.25) is 4.79 Å². The number of aliphatic hydroxyl groups is 1. The minimum absolute atomic E-state index is 0.116. The van der Waals surface area contributed by atoms with Gasteiger partial charge in [0, 0.05) is 24.8 Å². The van der Waals surface area contributed by atoms with E-state index < -0.39 is 12.0 Å². The van der Waals surface area contributed by atoms with Gasteiger partial charge in [-0.2, -0.15) is 0 Å². The van der Waals surface area contributed by atoms with Gasteiger partial charge in [0.25, 0.3) is 5.91 Å². The molecule has 3 rings (SSSR count). The van der Waals surface area contributed by atoms with E-state index in [1.807, 2.05) is 30.3 Å². The molecule has 1 atom stereocenters. The number of ether oxygens (including phenoxy) is 1. The number of hydrogen-bond donors (Lipinski definition) is 2. The van der Waals surface area contributed by atoms with Gasteiger partial charge in [-0.05, 0) is 18.8 Å². The molecule has 1 aliphatic rings. The van der Waals surface area contributed by atoms with E-state index in [9.17, 15) is 9.90 Å². The van der Waals surface area contributed by atoms with Gasteiger partial charge in [0.05, 0.1) is 12.7 Å². The van der Waals surface area contributed by atoms with E-state index >= 15 is 0 Å². The number of nitrogens with one attached hydrogen (secondary N) is 1. The monoisotopic (exact) mass is 316 g/mol. The summed E-state index contributed by atoms with van der Waals surface area (Å²) in [5.41, 5.74) is 1.48. The Bertz CT molecular complexity index is 637. The summed E-state index contributed by atoms with van der Waals surface area (Å²) in [6.07, 6.45) is 1.69. The van der Waals surface area contributed by atoms with E-state index in [0.29, 0.717) is 18.2 Å². The quantitative estimate of drug-likeness (QED) is 0.776. The smallest absolute Gasteiger partial charge is 0.290 e. The molecule has 2 N–H and O–H groups in total. The van der Waals surface area contributed by atoms with Gasteiger partial charge in [-0.1, -0.05) is 35.5 Å². The molecule has 0 radical (unpaired) electrons. The van der Waals surface area contributed by atoms with Gasteiger partial charge in [0.15, 0.2) is 0 Å². The number of nitrogens with zero attached hydrogens (tertiary/aromatic N) is 1. The predicted octanol–water partition coefficient (Wildman–Crippen LogP) is 1.86. The van der Waals surface area contributed by atoms with Crippen LogP contribution in [0.3, 0.4) is 0 Å². The van der Waals surface area contributed by atoms with E-state index in [2.05, 4.69) is 10.5 Å². The highest BCUT2D eigenvalue weighted by molar-refractivity contribution is 5.92. The molecule has 0 bridgehead atoms. The lowest BCUT2D eigenvalue weighted by atomic mass is 10.1. The lowest BCUT2D eigenvalue weighted by molar-refractivity contribution is 0.0318. The summed E-state index contributed by atoms with van der Waals surface area (Å²) in [6.45, 7) is 1.03. The second-order valence-corrected chi connectivity index (χ2v) is 5.79. The number of amides is 1.